The van der Waals surface area contributed by atoms with Crippen LogP contribution in [0.4, 0.5) is 4.39 Å². The Labute approximate surface area is 54.9 Å². The molecule has 0 aliphatic heterocycles. The zero-order chi connectivity index (χ0) is 7.49. The minimum absolute atomic E-state index is 0.323. The first kappa shape index (κ1) is 8.85. The summed E-state index contributed by atoms with van der Waals surface area (Å²) in [6.45, 7) is 3.01. The fourth-order valence-corrected chi connectivity index (χ4v) is 0.501. The monoisotopic (exact) mass is 135 g/mol. The van der Waals surface area contributed by atoms with Crippen LogP contribution in [0.25, 0.3) is 0 Å². The van der Waals surface area contributed by atoms with Crippen molar-refractivity contribution < 1.29 is 9.50 Å². The van der Waals surface area contributed by atoms with Gasteiger partial charge in [0.1, 0.15) is 5.67 Å². The Balaban J connectivity index is 3.59. The zero-order valence-corrected chi connectivity index (χ0v) is 5.89. The zero-order valence-electron chi connectivity index (χ0n) is 5.89. The number of aliphatic hydroxyl groups excluding tert-OH is 1. The second-order valence-corrected chi connectivity index (χ2v) is 2.66. The maximum absolute atomic E-state index is 12.7. The largest absolute Gasteiger partial charge is 0.390 e. The Morgan fingerprint density at radius 3 is 2.22 bits per heavy atom. The van der Waals surface area contributed by atoms with Crippen molar-refractivity contribution in [1.82, 2.24) is 0 Å². The second kappa shape index (κ2) is 3.13. The quantitative estimate of drug-likeness (QED) is 0.590. The van der Waals surface area contributed by atoms with Crippen LogP contribution in [0.2, 0.25) is 0 Å². The molecule has 0 saturated carbocycles. The van der Waals surface area contributed by atoms with Gasteiger partial charge in [0.05, 0.1) is 6.10 Å². The van der Waals surface area contributed by atoms with E-state index in [9.17, 15) is 4.39 Å². The standard InChI is InChI=1S/C6H14FNO/c1-6(2,7)5(9)3-4-8/h5,9H,3-4,8H2,1-2H3/t5-/m1/s1. The molecule has 0 fully saturated rings. The van der Waals surface area contributed by atoms with E-state index < -0.39 is 11.8 Å². The minimum Gasteiger partial charge on any atom is -0.390 e. The molecule has 3 N–H and O–H groups in total. The summed E-state index contributed by atoms with van der Waals surface area (Å²) in [7, 11) is 0. The molecular formula is C6H14FNO. The molecule has 0 spiro atoms. The van der Waals surface area contributed by atoms with Gasteiger partial charge >= 0.3 is 0 Å². The van der Waals surface area contributed by atoms with E-state index in [1.165, 1.54) is 13.8 Å². The van der Waals surface area contributed by atoms with Gasteiger partial charge in [-0.1, -0.05) is 0 Å². The summed E-state index contributed by atoms with van der Waals surface area (Å²) in [6.07, 6.45) is -0.605. The van der Waals surface area contributed by atoms with E-state index in [-0.39, 0.29) is 0 Å². The van der Waals surface area contributed by atoms with E-state index >= 15 is 0 Å². The molecular weight excluding hydrogens is 121 g/mol. The molecule has 0 amide bonds. The van der Waals surface area contributed by atoms with Gasteiger partial charge in [0.15, 0.2) is 0 Å². The molecule has 0 aliphatic rings. The van der Waals surface area contributed by atoms with Crippen LogP contribution in [0.1, 0.15) is 20.3 Å². The average molecular weight is 135 g/mol. The molecule has 0 aromatic rings. The highest BCUT2D eigenvalue weighted by molar-refractivity contribution is 4.76. The molecule has 0 heterocycles. The number of hydrogen-bond acceptors (Lipinski definition) is 2. The number of halogens is 1. The summed E-state index contributed by atoms with van der Waals surface area (Å²) in [5.41, 5.74) is 3.58. The molecule has 0 rings (SSSR count). The number of nitrogens with two attached hydrogens (primary N) is 1. The fourth-order valence-electron chi connectivity index (χ4n) is 0.501. The van der Waals surface area contributed by atoms with Gasteiger partial charge in [-0.2, -0.15) is 0 Å². The molecule has 0 aromatic carbocycles. The van der Waals surface area contributed by atoms with Crippen LogP contribution in [-0.4, -0.2) is 23.4 Å². The Bertz CT molecular complexity index is 79.6. The second-order valence-electron chi connectivity index (χ2n) is 2.66. The Morgan fingerprint density at radius 2 is 2.11 bits per heavy atom. The molecule has 0 saturated heterocycles. The van der Waals surface area contributed by atoms with Crippen molar-refractivity contribution in [2.45, 2.75) is 32.0 Å². The highest BCUT2D eigenvalue weighted by Crippen LogP contribution is 2.15. The maximum atomic E-state index is 12.7. The Kier molecular flexibility index (Phi) is 3.08. The lowest BCUT2D eigenvalue weighted by atomic mass is 10.0. The SMILES string of the molecule is CC(C)(F)[C@H](O)CCN. The number of aliphatic hydroxyl groups is 1. The summed E-state index contributed by atoms with van der Waals surface area (Å²) < 4.78 is 12.7. The molecule has 1 atom stereocenters. The van der Waals surface area contributed by atoms with E-state index in [2.05, 4.69) is 0 Å². The van der Waals surface area contributed by atoms with Gasteiger partial charge in [0.2, 0.25) is 0 Å². The lowest BCUT2D eigenvalue weighted by Gasteiger charge is -2.20. The van der Waals surface area contributed by atoms with Crippen LogP contribution in [0.3, 0.4) is 0 Å². The average Bonchev–Trinajstić information content (AvgIpc) is 1.64. The van der Waals surface area contributed by atoms with E-state index in [1.807, 2.05) is 0 Å². The van der Waals surface area contributed by atoms with Crippen LogP contribution in [0, 0.1) is 0 Å². The van der Waals surface area contributed by atoms with E-state index in [1.54, 1.807) is 0 Å². The smallest absolute Gasteiger partial charge is 0.131 e. The lowest BCUT2D eigenvalue weighted by molar-refractivity contribution is 0.0137. The van der Waals surface area contributed by atoms with Crippen molar-refractivity contribution in [3.05, 3.63) is 0 Å². The summed E-state index contributed by atoms with van der Waals surface area (Å²) >= 11 is 0. The van der Waals surface area contributed by atoms with Crippen LogP contribution >= 0.6 is 0 Å². The molecule has 9 heavy (non-hydrogen) atoms. The third-order valence-corrected chi connectivity index (χ3v) is 1.23. The van der Waals surface area contributed by atoms with Crippen LogP contribution in [0.5, 0.6) is 0 Å². The van der Waals surface area contributed by atoms with Gasteiger partial charge in [-0.25, -0.2) is 4.39 Å². The van der Waals surface area contributed by atoms with Crippen molar-refractivity contribution >= 4 is 0 Å². The number of rotatable bonds is 3. The maximum Gasteiger partial charge on any atom is 0.131 e. The molecule has 0 bridgehead atoms. The van der Waals surface area contributed by atoms with Gasteiger partial charge < -0.3 is 10.8 Å². The lowest BCUT2D eigenvalue weighted by Crippen LogP contribution is -2.33. The van der Waals surface area contributed by atoms with E-state index in [0.717, 1.165) is 0 Å². The first-order chi connectivity index (χ1) is 3.98. The third-order valence-electron chi connectivity index (χ3n) is 1.23. The van der Waals surface area contributed by atoms with Gasteiger partial charge in [0.25, 0.3) is 0 Å². The van der Waals surface area contributed by atoms with Crippen molar-refractivity contribution in [3.63, 3.8) is 0 Å². The minimum atomic E-state index is -1.51. The van der Waals surface area contributed by atoms with Crippen LogP contribution < -0.4 is 5.73 Å². The topological polar surface area (TPSA) is 46.2 Å². The highest BCUT2D eigenvalue weighted by atomic mass is 19.1. The molecule has 0 radical (unpaired) electrons. The Hall–Kier alpha value is -0.150. The summed E-state index contributed by atoms with van der Waals surface area (Å²) in [4.78, 5) is 0. The van der Waals surface area contributed by atoms with Crippen LogP contribution in [0.15, 0.2) is 0 Å². The molecule has 0 aromatic heterocycles. The number of alkyl halides is 1. The van der Waals surface area contributed by atoms with Crippen LogP contribution in [-0.2, 0) is 0 Å². The van der Waals surface area contributed by atoms with E-state index in [0.29, 0.717) is 13.0 Å². The highest BCUT2D eigenvalue weighted by Gasteiger charge is 2.25. The van der Waals surface area contributed by atoms with E-state index in [4.69, 9.17) is 10.8 Å². The first-order valence-corrected chi connectivity index (χ1v) is 3.05. The first-order valence-electron chi connectivity index (χ1n) is 3.05. The molecule has 56 valence electrons. The fraction of sp³-hybridized carbons (Fsp3) is 1.00. The molecule has 0 aliphatic carbocycles. The summed E-state index contributed by atoms with van der Waals surface area (Å²) in [5.74, 6) is 0. The van der Waals surface area contributed by atoms with Gasteiger partial charge in [-0.05, 0) is 26.8 Å². The predicted molar refractivity (Wildman–Crippen MR) is 34.9 cm³/mol. The third kappa shape index (κ3) is 3.43. The van der Waals surface area contributed by atoms with Crippen molar-refractivity contribution in [3.8, 4) is 0 Å². The molecule has 3 heteroatoms. The van der Waals surface area contributed by atoms with Gasteiger partial charge in [-0.15, -0.1) is 0 Å². The normalized spacial score (nSPS) is 15.7. The van der Waals surface area contributed by atoms with Gasteiger partial charge in [-0.3, -0.25) is 0 Å². The Morgan fingerprint density at radius 1 is 1.67 bits per heavy atom. The van der Waals surface area contributed by atoms with Gasteiger partial charge in [0, 0.05) is 0 Å². The summed E-state index contributed by atoms with van der Waals surface area (Å²) in [5, 5.41) is 8.93. The molecule has 2 nitrogen and oxygen atoms in total. The van der Waals surface area contributed by atoms with Crippen molar-refractivity contribution in [2.24, 2.45) is 5.73 Å². The van der Waals surface area contributed by atoms with Crippen molar-refractivity contribution in [2.75, 3.05) is 6.54 Å². The predicted octanol–water partition coefficient (Wildman–Crippen LogP) is 0.444. The molecule has 0 unspecified atom stereocenters. The number of hydrogen-bond donors (Lipinski definition) is 2. The summed E-state index contributed by atoms with van der Waals surface area (Å²) in [6, 6.07) is 0. The van der Waals surface area contributed by atoms with Crippen molar-refractivity contribution in [1.29, 1.82) is 0 Å².